The molecule has 0 aliphatic heterocycles. The fourth-order valence-electron chi connectivity index (χ4n) is 1.47. The zero-order valence-corrected chi connectivity index (χ0v) is 9.74. The summed E-state index contributed by atoms with van der Waals surface area (Å²) >= 11 is 0. The van der Waals surface area contributed by atoms with Crippen LogP contribution in [0.25, 0.3) is 0 Å². The molecule has 96 valence electrons. The molecule has 0 spiro atoms. The van der Waals surface area contributed by atoms with Crippen molar-refractivity contribution < 1.29 is 14.8 Å². The van der Waals surface area contributed by atoms with Gasteiger partial charge in [-0.15, -0.1) is 6.42 Å². The average molecular weight is 259 g/mol. The molecule has 1 aromatic carbocycles. The number of anilines is 1. The second-order valence-electron chi connectivity index (χ2n) is 3.52. The number of hydrogen-bond acceptors (Lipinski definition) is 5. The first kappa shape index (κ1) is 14.0. The standard InChI is InChI=1S/C12H9N3O4/c1-2-5-14(8-12(16)17)10-4-3-9(7-13)11(6-10)15(18)19/h1,3-4,6H,5,8H2,(H,16,17). The number of rotatable bonds is 5. The molecule has 19 heavy (non-hydrogen) atoms. The van der Waals surface area contributed by atoms with Crippen LogP contribution >= 0.6 is 0 Å². The number of carboxylic acid groups (broad SMARTS) is 1. The summed E-state index contributed by atoms with van der Waals surface area (Å²) < 4.78 is 0. The first-order valence-electron chi connectivity index (χ1n) is 5.08. The SMILES string of the molecule is C#CCN(CC(=O)O)c1ccc(C#N)c([N+](=O)[O-])c1. The molecule has 7 nitrogen and oxygen atoms in total. The molecule has 0 saturated carbocycles. The van der Waals surface area contributed by atoms with Gasteiger partial charge in [0.1, 0.15) is 18.2 Å². The smallest absolute Gasteiger partial charge is 0.323 e. The van der Waals surface area contributed by atoms with Crippen molar-refractivity contribution in [3.05, 3.63) is 33.9 Å². The number of carboxylic acids is 1. The third kappa shape index (κ3) is 3.45. The van der Waals surface area contributed by atoms with Crippen LogP contribution in [0.3, 0.4) is 0 Å². The molecule has 7 heteroatoms. The van der Waals surface area contributed by atoms with E-state index in [0.29, 0.717) is 0 Å². The maximum absolute atomic E-state index is 10.8. The van der Waals surface area contributed by atoms with Crippen molar-refractivity contribution in [2.45, 2.75) is 0 Å². The van der Waals surface area contributed by atoms with Crippen molar-refractivity contribution in [1.29, 1.82) is 5.26 Å². The quantitative estimate of drug-likeness (QED) is 0.480. The Morgan fingerprint density at radius 3 is 2.74 bits per heavy atom. The number of aliphatic carboxylic acids is 1. The predicted octanol–water partition coefficient (Wildman–Crippen LogP) is 0.991. The third-order valence-electron chi connectivity index (χ3n) is 2.27. The highest BCUT2D eigenvalue weighted by Crippen LogP contribution is 2.25. The van der Waals surface area contributed by atoms with Crippen molar-refractivity contribution in [2.24, 2.45) is 0 Å². The molecule has 0 atom stereocenters. The van der Waals surface area contributed by atoms with E-state index in [0.717, 1.165) is 6.07 Å². The Labute approximate surface area is 108 Å². The van der Waals surface area contributed by atoms with Crippen molar-refractivity contribution in [2.75, 3.05) is 18.0 Å². The number of nitro benzene ring substituents is 1. The third-order valence-corrected chi connectivity index (χ3v) is 2.27. The Hall–Kier alpha value is -3.06. The van der Waals surface area contributed by atoms with E-state index in [-0.39, 0.29) is 30.0 Å². The Kier molecular flexibility index (Phi) is 4.44. The van der Waals surface area contributed by atoms with Crippen molar-refractivity contribution in [1.82, 2.24) is 0 Å². The number of carbonyl (C=O) groups is 1. The summed E-state index contributed by atoms with van der Waals surface area (Å²) in [6.07, 6.45) is 5.13. The molecule has 1 rings (SSSR count). The van der Waals surface area contributed by atoms with Gasteiger partial charge >= 0.3 is 5.97 Å². The predicted molar refractivity (Wildman–Crippen MR) is 66.5 cm³/mol. The first-order valence-corrected chi connectivity index (χ1v) is 5.08. The van der Waals surface area contributed by atoms with Gasteiger partial charge in [0.25, 0.3) is 5.69 Å². The maximum Gasteiger partial charge on any atom is 0.323 e. The van der Waals surface area contributed by atoms with E-state index < -0.39 is 10.9 Å². The summed E-state index contributed by atoms with van der Waals surface area (Å²) in [6, 6.07) is 5.52. The fourth-order valence-corrected chi connectivity index (χ4v) is 1.47. The van der Waals surface area contributed by atoms with Crippen LogP contribution in [0.1, 0.15) is 5.56 Å². The van der Waals surface area contributed by atoms with Crippen LogP contribution in [0.15, 0.2) is 18.2 Å². The summed E-state index contributed by atoms with van der Waals surface area (Å²) in [4.78, 5) is 22.1. The van der Waals surface area contributed by atoms with E-state index in [1.165, 1.54) is 17.0 Å². The molecule has 0 heterocycles. The van der Waals surface area contributed by atoms with E-state index in [2.05, 4.69) is 5.92 Å². The molecular formula is C12H9N3O4. The summed E-state index contributed by atoms with van der Waals surface area (Å²) in [6.45, 7) is -0.386. The summed E-state index contributed by atoms with van der Waals surface area (Å²) in [5, 5.41) is 28.3. The van der Waals surface area contributed by atoms with Gasteiger partial charge in [-0.05, 0) is 12.1 Å². The van der Waals surface area contributed by atoms with Gasteiger partial charge in [0.05, 0.1) is 11.5 Å². The minimum absolute atomic E-state index is 0.00461. The highest BCUT2D eigenvalue weighted by atomic mass is 16.6. The first-order chi connectivity index (χ1) is 8.99. The van der Waals surface area contributed by atoms with Crippen LogP contribution in [0, 0.1) is 33.8 Å². The van der Waals surface area contributed by atoms with Gasteiger partial charge in [0.15, 0.2) is 0 Å². The zero-order chi connectivity index (χ0) is 14.4. The van der Waals surface area contributed by atoms with E-state index >= 15 is 0 Å². The minimum Gasteiger partial charge on any atom is -0.480 e. The second kappa shape index (κ2) is 6.03. The maximum atomic E-state index is 10.8. The lowest BCUT2D eigenvalue weighted by Crippen LogP contribution is -2.30. The van der Waals surface area contributed by atoms with Crippen LogP contribution in [0.5, 0.6) is 0 Å². The summed E-state index contributed by atoms with van der Waals surface area (Å²) in [5.74, 6) is 1.17. The van der Waals surface area contributed by atoms with Crippen LogP contribution < -0.4 is 4.90 Å². The molecule has 0 radical (unpaired) electrons. The topological polar surface area (TPSA) is 107 Å². The monoisotopic (exact) mass is 259 g/mol. The number of hydrogen-bond donors (Lipinski definition) is 1. The highest BCUT2D eigenvalue weighted by molar-refractivity contribution is 5.74. The van der Waals surface area contributed by atoms with E-state index in [1.807, 2.05) is 0 Å². The average Bonchev–Trinajstić information content (AvgIpc) is 2.37. The van der Waals surface area contributed by atoms with Crippen molar-refractivity contribution >= 4 is 17.3 Å². The summed E-state index contributed by atoms with van der Waals surface area (Å²) in [7, 11) is 0. The molecule has 0 amide bonds. The lowest BCUT2D eigenvalue weighted by molar-refractivity contribution is -0.385. The number of nitrogens with zero attached hydrogens (tertiary/aromatic N) is 3. The van der Waals surface area contributed by atoms with Gasteiger partial charge in [0, 0.05) is 11.8 Å². The van der Waals surface area contributed by atoms with E-state index in [4.69, 9.17) is 16.8 Å². The Balaban J connectivity index is 3.22. The largest absolute Gasteiger partial charge is 0.480 e. The number of terminal acetylenes is 1. The second-order valence-corrected chi connectivity index (χ2v) is 3.52. The van der Waals surface area contributed by atoms with Crippen LogP contribution in [0.4, 0.5) is 11.4 Å². The van der Waals surface area contributed by atoms with Crippen LogP contribution in [0.2, 0.25) is 0 Å². The Bertz CT molecular complexity index is 598. The Morgan fingerprint density at radius 1 is 1.58 bits per heavy atom. The molecule has 0 fully saturated rings. The molecular weight excluding hydrogens is 250 g/mol. The Morgan fingerprint density at radius 2 is 2.26 bits per heavy atom. The number of benzene rings is 1. The molecule has 0 bridgehead atoms. The summed E-state index contributed by atoms with van der Waals surface area (Å²) in [5.41, 5.74) is -0.191. The van der Waals surface area contributed by atoms with Gasteiger partial charge in [-0.3, -0.25) is 14.9 Å². The van der Waals surface area contributed by atoms with E-state index in [1.54, 1.807) is 6.07 Å². The van der Waals surface area contributed by atoms with Gasteiger partial charge in [0.2, 0.25) is 0 Å². The normalized spacial score (nSPS) is 9.16. The van der Waals surface area contributed by atoms with E-state index in [9.17, 15) is 14.9 Å². The van der Waals surface area contributed by atoms with Gasteiger partial charge in [-0.25, -0.2) is 0 Å². The van der Waals surface area contributed by atoms with Crippen molar-refractivity contribution in [3.63, 3.8) is 0 Å². The molecule has 1 N–H and O–H groups in total. The minimum atomic E-state index is -1.11. The fraction of sp³-hybridized carbons (Fsp3) is 0.167. The molecule has 0 aliphatic carbocycles. The zero-order valence-electron chi connectivity index (χ0n) is 9.74. The molecule has 0 saturated heterocycles. The highest BCUT2D eigenvalue weighted by Gasteiger charge is 2.18. The van der Waals surface area contributed by atoms with Gasteiger partial charge in [-0.1, -0.05) is 5.92 Å². The molecule has 1 aromatic rings. The lowest BCUT2D eigenvalue weighted by atomic mass is 10.1. The number of nitriles is 1. The lowest BCUT2D eigenvalue weighted by Gasteiger charge is -2.19. The van der Waals surface area contributed by atoms with Crippen LogP contribution in [-0.4, -0.2) is 29.1 Å². The molecule has 0 unspecified atom stereocenters. The molecule has 0 aromatic heterocycles. The van der Waals surface area contributed by atoms with Crippen molar-refractivity contribution in [3.8, 4) is 18.4 Å². The van der Waals surface area contributed by atoms with Crippen LogP contribution in [-0.2, 0) is 4.79 Å². The number of nitro groups is 1. The molecule has 0 aliphatic rings. The van der Waals surface area contributed by atoms with Gasteiger partial charge in [-0.2, -0.15) is 5.26 Å². The van der Waals surface area contributed by atoms with Gasteiger partial charge < -0.3 is 10.0 Å².